The number of aromatic nitrogens is 4. The van der Waals surface area contributed by atoms with Crippen molar-refractivity contribution in [1.29, 1.82) is 0 Å². The highest BCUT2D eigenvalue weighted by molar-refractivity contribution is 5.76. The Bertz CT molecular complexity index is 1160. The Morgan fingerprint density at radius 1 is 0.676 bits per heavy atom. The fourth-order valence-corrected chi connectivity index (χ4v) is 6.00. The van der Waals surface area contributed by atoms with Crippen LogP contribution in [-0.2, 0) is 27.2 Å². The number of hydrogen-bond donors (Lipinski definition) is 0. The van der Waals surface area contributed by atoms with E-state index >= 15 is 0 Å². The molecule has 180 valence electrons. The van der Waals surface area contributed by atoms with Crippen LogP contribution in [0.3, 0.4) is 0 Å². The Kier molecular flexibility index (Phi) is 6.70. The second kappa shape index (κ2) is 9.88. The maximum absolute atomic E-state index is 4.95. The van der Waals surface area contributed by atoms with Crippen LogP contribution in [0.25, 0.3) is 22.1 Å². The number of benzene rings is 2. The summed E-state index contributed by atoms with van der Waals surface area (Å²) in [6, 6.07) is 18.1. The lowest BCUT2D eigenvalue weighted by atomic mass is 10.0. The van der Waals surface area contributed by atoms with Crippen molar-refractivity contribution < 1.29 is 0 Å². The molecule has 6 rings (SSSR count). The van der Waals surface area contributed by atoms with Gasteiger partial charge in [-0.3, -0.25) is 9.80 Å². The minimum absolute atomic E-state index is 0.604. The predicted molar refractivity (Wildman–Crippen MR) is 140 cm³/mol. The molecule has 0 radical (unpaired) electrons. The maximum atomic E-state index is 4.95. The lowest BCUT2D eigenvalue weighted by Gasteiger charge is -2.34. The highest BCUT2D eigenvalue weighted by atomic mass is 15.3. The van der Waals surface area contributed by atoms with E-state index in [0.717, 1.165) is 24.1 Å². The molecule has 2 aromatic heterocycles. The van der Waals surface area contributed by atoms with Crippen molar-refractivity contribution in [2.24, 2.45) is 14.1 Å². The van der Waals surface area contributed by atoms with Crippen LogP contribution in [0.1, 0.15) is 51.2 Å². The van der Waals surface area contributed by atoms with E-state index in [1.165, 1.54) is 61.5 Å². The van der Waals surface area contributed by atoms with Gasteiger partial charge in [0.2, 0.25) is 0 Å². The first-order valence-corrected chi connectivity index (χ1v) is 13.0. The number of imidazole rings is 2. The first-order chi connectivity index (χ1) is 16.7. The van der Waals surface area contributed by atoms with Gasteiger partial charge >= 0.3 is 0 Å². The largest absolute Gasteiger partial charge is 0.330 e. The molecule has 2 aliphatic heterocycles. The molecule has 2 aliphatic rings. The molecule has 2 atom stereocenters. The second-order valence-corrected chi connectivity index (χ2v) is 9.51. The summed E-state index contributed by atoms with van der Waals surface area (Å²) in [4.78, 5) is 15.3. The first-order valence-electron chi connectivity index (χ1n) is 13.0. The lowest BCUT2D eigenvalue weighted by molar-refractivity contribution is 0.119. The molecule has 2 saturated heterocycles. The summed E-state index contributed by atoms with van der Waals surface area (Å²) in [6.07, 6.45) is 5.14. The van der Waals surface area contributed by atoms with Gasteiger partial charge in [-0.2, -0.15) is 0 Å². The third kappa shape index (κ3) is 4.14. The average Bonchev–Trinajstić information content (AvgIpc) is 3.64. The highest BCUT2D eigenvalue weighted by Gasteiger charge is 2.38. The minimum Gasteiger partial charge on any atom is -0.330 e. The van der Waals surface area contributed by atoms with E-state index in [0.29, 0.717) is 12.1 Å². The van der Waals surface area contributed by atoms with Gasteiger partial charge in [-0.15, -0.1) is 0 Å². The molecule has 6 nitrogen and oxygen atoms in total. The first kappa shape index (κ1) is 23.1. The van der Waals surface area contributed by atoms with Gasteiger partial charge in [0.05, 0.1) is 35.2 Å². The molecular formula is C28H38N6. The topological polar surface area (TPSA) is 42.1 Å². The van der Waals surface area contributed by atoms with Crippen molar-refractivity contribution in [2.45, 2.75) is 64.7 Å². The van der Waals surface area contributed by atoms with Gasteiger partial charge in [0, 0.05) is 26.2 Å². The predicted octanol–water partition coefficient (Wildman–Crippen LogP) is 5.12. The zero-order valence-electron chi connectivity index (χ0n) is 21.1. The van der Waals surface area contributed by atoms with Gasteiger partial charge in [0.25, 0.3) is 0 Å². The van der Waals surface area contributed by atoms with Crippen LogP contribution >= 0.6 is 0 Å². The number of likely N-dealkylation sites (tertiary alicyclic amines) is 2. The van der Waals surface area contributed by atoms with Crippen molar-refractivity contribution in [3.63, 3.8) is 0 Å². The van der Waals surface area contributed by atoms with E-state index in [4.69, 9.17) is 9.97 Å². The van der Waals surface area contributed by atoms with Gasteiger partial charge in [0.15, 0.2) is 0 Å². The van der Waals surface area contributed by atoms with Gasteiger partial charge in [0.1, 0.15) is 11.6 Å². The molecule has 0 amide bonds. The molecule has 0 spiro atoms. The fraction of sp³-hybridized carbons (Fsp3) is 0.500. The molecule has 34 heavy (non-hydrogen) atoms. The summed E-state index contributed by atoms with van der Waals surface area (Å²) in [5.41, 5.74) is 4.65. The smallest absolute Gasteiger partial charge is 0.123 e. The van der Waals surface area contributed by atoms with Gasteiger partial charge in [-0.05, 0) is 63.0 Å². The summed E-state index contributed by atoms with van der Waals surface area (Å²) < 4.78 is 4.55. The Morgan fingerprint density at radius 2 is 1.09 bits per heavy atom. The number of rotatable bonds is 5. The second-order valence-electron chi connectivity index (χ2n) is 9.51. The number of para-hydroxylation sites is 4. The number of nitrogens with zero attached hydrogens (tertiary/aromatic N) is 6. The van der Waals surface area contributed by atoms with Crippen LogP contribution in [0, 0.1) is 0 Å². The van der Waals surface area contributed by atoms with Crippen LogP contribution in [0.2, 0.25) is 0 Å². The summed E-state index contributed by atoms with van der Waals surface area (Å²) in [5, 5.41) is 0. The van der Waals surface area contributed by atoms with E-state index < -0.39 is 0 Å². The Hall–Kier alpha value is -2.70. The van der Waals surface area contributed by atoms with E-state index in [2.05, 4.69) is 81.6 Å². The quantitative estimate of drug-likeness (QED) is 0.417. The number of aryl methyl sites for hydroxylation is 2. The zero-order valence-corrected chi connectivity index (χ0v) is 21.1. The molecule has 0 bridgehead atoms. The SMILES string of the molecule is CC.Cn1c(CN2CCCC2C2CCCN2Cc2nc3ccccc3n2C)nc2ccccc21. The summed E-state index contributed by atoms with van der Waals surface area (Å²) in [7, 11) is 4.31. The van der Waals surface area contributed by atoms with Crippen molar-refractivity contribution in [3.05, 3.63) is 60.2 Å². The molecule has 2 aromatic carbocycles. The van der Waals surface area contributed by atoms with E-state index in [1.807, 2.05) is 13.8 Å². The molecule has 2 fully saturated rings. The van der Waals surface area contributed by atoms with Crippen LogP contribution in [-0.4, -0.2) is 54.1 Å². The van der Waals surface area contributed by atoms with E-state index in [1.54, 1.807) is 0 Å². The fourth-order valence-electron chi connectivity index (χ4n) is 6.00. The minimum atomic E-state index is 0.604. The lowest BCUT2D eigenvalue weighted by Crippen LogP contribution is -2.46. The van der Waals surface area contributed by atoms with Crippen LogP contribution in [0.4, 0.5) is 0 Å². The maximum Gasteiger partial charge on any atom is 0.123 e. The van der Waals surface area contributed by atoms with Gasteiger partial charge in [-0.1, -0.05) is 38.1 Å². The zero-order chi connectivity index (χ0) is 23.7. The molecule has 0 saturated carbocycles. The van der Waals surface area contributed by atoms with Crippen molar-refractivity contribution >= 4 is 22.1 Å². The van der Waals surface area contributed by atoms with Crippen LogP contribution in [0.15, 0.2) is 48.5 Å². The van der Waals surface area contributed by atoms with Crippen LogP contribution < -0.4 is 0 Å². The van der Waals surface area contributed by atoms with Crippen LogP contribution in [0.5, 0.6) is 0 Å². The Labute approximate surface area is 203 Å². The van der Waals surface area contributed by atoms with Crippen molar-refractivity contribution in [3.8, 4) is 0 Å². The summed E-state index contributed by atoms with van der Waals surface area (Å²) in [5.74, 6) is 2.36. The van der Waals surface area contributed by atoms with Gasteiger partial charge in [-0.25, -0.2) is 9.97 Å². The average molecular weight is 459 g/mol. The molecule has 0 N–H and O–H groups in total. The van der Waals surface area contributed by atoms with Gasteiger partial charge < -0.3 is 9.13 Å². The van der Waals surface area contributed by atoms with Crippen molar-refractivity contribution in [2.75, 3.05) is 13.1 Å². The highest BCUT2D eigenvalue weighted by Crippen LogP contribution is 2.32. The summed E-state index contributed by atoms with van der Waals surface area (Å²) >= 11 is 0. The normalized spacial score (nSPS) is 21.4. The molecule has 4 aromatic rings. The Morgan fingerprint density at radius 3 is 1.50 bits per heavy atom. The summed E-state index contributed by atoms with van der Waals surface area (Å²) in [6.45, 7) is 8.22. The number of fused-ring (bicyclic) bond motifs is 2. The molecule has 0 aliphatic carbocycles. The monoisotopic (exact) mass is 458 g/mol. The standard InChI is InChI=1S/C26H32N6.C2H6/c1-29-21-11-5-3-9-19(21)27-25(29)17-31-15-7-13-23(31)24-14-8-16-32(24)18-26-28-20-10-4-6-12-22(20)30(26)2;1-2/h3-6,9-12,23-24H,7-8,13-18H2,1-2H3;1-2H3. The van der Waals surface area contributed by atoms with Crippen molar-refractivity contribution in [1.82, 2.24) is 28.9 Å². The molecule has 4 heterocycles. The number of hydrogen-bond acceptors (Lipinski definition) is 4. The van der Waals surface area contributed by atoms with E-state index in [-0.39, 0.29) is 0 Å². The molecule has 6 heteroatoms. The Balaban J connectivity index is 0.00000117. The third-order valence-electron chi connectivity index (χ3n) is 7.72. The molecular weight excluding hydrogens is 420 g/mol. The third-order valence-corrected chi connectivity index (χ3v) is 7.72. The van der Waals surface area contributed by atoms with E-state index in [9.17, 15) is 0 Å². The molecule has 2 unspecified atom stereocenters.